The summed E-state index contributed by atoms with van der Waals surface area (Å²) in [6.07, 6.45) is 3.82. The molecule has 2 heterocycles. The summed E-state index contributed by atoms with van der Waals surface area (Å²) in [4.78, 5) is 60.9. The minimum Gasteiger partial charge on any atom is -0.494 e. The first kappa shape index (κ1) is 27.3. The van der Waals surface area contributed by atoms with Crippen LogP contribution in [0.15, 0.2) is 80.9 Å². The molecule has 0 bridgehead atoms. The van der Waals surface area contributed by atoms with Crippen LogP contribution in [0.2, 0.25) is 0 Å². The Balaban J connectivity index is 1.71. The van der Waals surface area contributed by atoms with Gasteiger partial charge in [-0.25, -0.2) is 19.0 Å². The molecule has 3 N–H and O–H groups in total. The fourth-order valence-corrected chi connectivity index (χ4v) is 3.80. The quantitative estimate of drug-likeness (QED) is 0.373. The minimum atomic E-state index is -1.17. The van der Waals surface area contributed by atoms with Crippen LogP contribution in [-0.4, -0.2) is 54.8 Å². The third-order valence-corrected chi connectivity index (χ3v) is 5.85. The number of ether oxygens (including phenoxy) is 1. The van der Waals surface area contributed by atoms with Crippen LogP contribution in [0.4, 0.5) is 5.69 Å². The molecule has 1 aromatic heterocycles. The van der Waals surface area contributed by atoms with E-state index in [9.17, 15) is 29.1 Å². The van der Waals surface area contributed by atoms with E-state index in [1.54, 1.807) is 6.92 Å². The molecule has 2 aromatic carbocycles. The lowest BCUT2D eigenvalue weighted by atomic mass is 10.1. The Kier molecular flexibility index (Phi) is 7.48. The Hall–Kier alpha value is -5.72. The van der Waals surface area contributed by atoms with E-state index in [1.807, 2.05) is 0 Å². The van der Waals surface area contributed by atoms with Crippen LogP contribution in [0.25, 0.3) is 11.8 Å². The molecule has 4 rings (SSSR count). The molecule has 0 saturated carbocycles. The van der Waals surface area contributed by atoms with Crippen molar-refractivity contribution in [2.45, 2.75) is 6.92 Å². The van der Waals surface area contributed by atoms with E-state index in [0.29, 0.717) is 5.69 Å². The Morgan fingerprint density at radius 3 is 2.00 bits per heavy atom. The molecule has 1 amide bonds. The lowest BCUT2D eigenvalue weighted by Crippen LogP contribution is -2.38. The van der Waals surface area contributed by atoms with Crippen molar-refractivity contribution in [3.63, 3.8) is 0 Å². The average Bonchev–Trinajstić information content (AvgIpc) is 3.24. The summed E-state index contributed by atoms with van der Waals surface area (Å²) in [5, 5.41) is 34.2. The number of aromatic nitrogens is 2. The highest BCUT2D eigenvalue weighted by molar-refractivity contribution is 6.28. The number of anilines is 1. The van der Waals surface area contributed by atoms with Gasteiger partial charge in [-0.05, 0) is 67.6 Å². The highest BCUT2D eigenvalue weighted by atomic mass is 16.5. The highest BCUT2D eigenvalue weighted by Crippen LogP contribution is 2.25. The van der Waals surface area contributed by atoms with Gasteiger partial charge in [0.15, 0.2) is 0 Å². The van der Waals surface area contributed by atoms with Crippen LogP contribution < -0.4 is 16.3 Å². The van der Waals surface area contributed by atoms with Gasteiger partial charge in [-0.15, -0.1) is 5.10 Å². The standard InChI is InChI=1S/C27H22N4O9/c1-3-40-21-19(24(34)31(28-21)18-13-9-16(10-14-18)26(37)38)5-4-6-20-22(32)29(2)27(39)30(23(20)33)17-11-7-15(8-12-17)25(35)36/h4-14,33H,3H2,1-2H3,(H,35,36)(H,37,38)/b6-4?,19-5-. The number of benzene rings is 2. The Labute approximate surface area is 225 Å². The molecule has 1 aliphatic heterocycles. The molecule has 0 atom stereocenters. The summed E-state index contributed by atoms with van der Waals surface area (Å²) in [5.41, 5.74) is -1.51. The van der Waals surface area contributed by atoms with Gasteiger partial charge < -0.3 is 20.1 Å². The first-order valence-electron chi connectivity index (χ1n) is 11.7. The Morgan fingerprint density at radius 1 is 0.925 bits per heavy atom. The summed E-state index contributed by atoms with van der Waals surface area (Å²) in [7, 11) is 1.22. The molecule has 1 aliphatic rings. The fraction of sp³-hybridized carbons (Fsp3) is 0.111. The summed E-state index contributed by atoms with van der Waals surface area (Å²) in [6, 6.07) is 10.6. The third kappa shape index (κ3) is 5.03. The molecule has 0 aliphatic carbocycles. The zero-order chi connectivity index (χ0) is 29.1. The van der Waals surface area contributed by atoms with Crippen LogP contribution in [0.5, 0.6) is 5.88 Å². The van der Waals surface area contributed by atoms with Crippen LogP contribution in [0.1, 0.15) is 33.2 Å². The van der Waals surface area contributed by atoms with Gasteiger partial charge >= 0.3 is 17.6 Å². The van der Waals surface area contributed by atoms with Gasteiger partial charge in [0.05, 0.1) is 29.1 Å². The van der Waals surface area contributed by atoms with Gasteiger partial charge in [0.1, 0.15) is 11.1 Å². The number of amides is 1. The Bertz CT molecular complexity index is 1730. The van der Waals surface area contributed by atoms with E-state index in [0.717, 1.165) is 14.1 Å². The van der Waals surface area contributed by atoms with Crippen LogP contribution in [0.3, 0.4) is 0 Å². The van der Waals surface area contributed by atoms with Crippen molar-refractivity contribution in [3.05, 3.63) is 104 Å². The van der Waals surface area contributed by atoms with E-state index < -0.39 is 35.0 Å². The molecule has 0 radical (unpaired) electrons. The zero-order valence-corrected chi connectivity index (χ0v) is 21.1. The lowest BCUT2D eigenvalue weighted by Gasteiger charge is -2.12. The van der Waals surface area contributed by atoms with Crippen molar-refractivity contribution in [2.75, 3.05) is 11.6 Å². The Morgan fingerprint density at radius 2 is 1.48 bits per heavy atom. The van der Waals surface area contributed by atoms with E-state index in [-0.39, 0.29) is 40.5 Å². The van der Waals surface area contributed by atoms with Crippen LogP contribution in [0, 0.1) is 0 Å². The largest absolute Gasteiger partial charge is 0.494 e. The number of rotatable bonds is 7. The number of nitrogens with zero attached hydrogens (tertiary/aromatic N) is 4. The molecule has 0 fully saturated rings. The highest BCUT2D eigenvalue weighted by Gasteiger charge is 2.32. The van der Waals surface area contributed by atoms with Crippen molar-refractivity contribution in [1.29, 1.82) is 0 Å². The van der Waals surface area contributed by atoms with Crippen LogP contribution in [-0.2, 0) is 16.6 Å². The summed E-state index contributed by atoms with van der Waals surface area (Å²) in [5.74, 6) is -3.59. The second-order valence-electron chi connectivity index (χ2n) is 8.32. The SMILES string of the molecule is CCOC1=NN(c2ccc(C(=O)O)cc2)C(=O)/C1=C\C=Cc1c(O)n(-c2ccc(C(=O)O)cc2)c(=O)n(C)c1=O. The van der Waals surface area contributed by atoms with Crippen molar-refractivity contribution in [2.24, 2.45) is 12.1 Å². The van der Waals surface area contributed by atoms with Gasteiger partial charge in [0.25, 0.3) is 11.5 Å². The van der Waals surface area contributed by atoms with Gasteiger partial charge in [-0.3, -0.25) is 14.2 Å². The summed E-state index contributed by atoms with van der Waals surface area (Å²) in [6.45, 7) is 1.88. The lowest BCUT2D eigenvalue weighted by molar-refractivity contribution is -0.114. The third-order valence-electron chi connectivity index (χ3n) is 5.85. The first-order chi connectivity index (χ1) is 19.0. The predicted molar refractivity (Wildman–Crippen MR) is 143 cm³/mol. The maximum absolute atomic E-state index is 13.1. The molecular formula is C27H22N4O9. The molecule has 13 heteroatoms. The number of hydrogen-bond donors (Lipinski definition) is 3. The smallest absolute Gasteiger partial charge is 0.338 e. The molecule has 204 valence electrons. The number of aromatic hydroxyl groups is 1. The first-order valence-corrected chi connectivity index (χ1v) is 11.7. The normalized spacial score (nSPS) is 14.2. The average molecular weight is 546 g/mol. The summed E-state index contributed by atoms with van der Waals surface area (Å²) < 4.78 is 7.09. The van der Waals surface area contributed by atoms with Crippen molar-refractivity contribution >= 4 is 35.5 Å². The van der Waals surface area contributed by atoms with E-state index in [4.69, 9.17) is 14.9 Å². The minimum absolute atomic E-state index is 0.0138. The molecule has 40 heavy (non-hydrogen) atoms. The number of aromatic carboxylic acids is 2. The van der Waals surface area contributed by atoms with Crippen LogP contribution >= 0.6 is 0 Å². The molecule has 0 saturated heterocycles. The predicted octanol–water partition coefficient (Wildman–Crippen LogP) is 1.97. The fourth-order valence-electron chi connectivity index (χ4n) is 3.80. The van der Waals surface area contributed by atoms with E-state index in [2.05, 4.69) is 5.10 Å². The number of hydrogen-bond acceptors (Lipinski definition) is 8. The van der Waals surface area contributed by atoms with Gasteiger partial charge in [0, 0.05) is 7.05 Å². The molecule has 0 spiro atoms. The van der Waals surface area contributed by atoms with E-state index >= 15 is 0 Å². The second kappa shape index (κ2) is 10.9. The number of hydrazone groups is 1. The molecule has 3 aromatic rings. The van der Waals surface area contributed by atoms with Crippen molar-refractivity contribution in [3.8, 4) is 11.6 Å². The van der Waals surface area contributed by atoms with Crippen molar-refractivity contribution in [1.82, 2.24) is 9.13 Å². The number of carbonyl (C=O) groups excluding carboxylic acids is 1. The molecule has 13 nitrogen and oxygen atoms in total. The number of carboxylic acid groups (broad SMARTS) is 2. The van der Waals surface area contributed by atoms with Gasteiger partial charge in [0.2, 0.25) is 11.8 Å². The second-order valence-corrected chi connectivity index (χ2v) is 8.32. The van der Waals surface area contributed by atoms with Gasteiger partial charge in [-0.2, -0.15) is 5.01 Å². The number of allylic oxidation sites excluding steroid dienone is 2. The topological polar surface area (TPSA) is 181 Å². The zero-order valence-electron chi connectivity index (χ0n) is 21.1. The molecule has 0 unspecified atom stereocenters. The van der Waals surface area contributed by atoms with Crippen molar-refractivity contribution < 1.29 is 34.4 Å². The van der Waals surface area contributed by atoms with E-state index in [1.165, 1.54) is 73.8 Å². The number of carbonyl (C=O) groups is 3. The molecular weight excluding hydrogens is 524 g/mol. The summed E-state index contributed by atoms with van der Waals surface area (Å²) >= 11 is 0. The maximum atomic E-state index is 13.1. The maximum Gasteiger partial charge on any atom is 0.338 e. The number of carboxylic acids is 2. The monoisotopic (exact) mass is 546 g/mol. The van der Waals surface area contributed by atoms with Gasteiger partial charge in [-0.1, -0.05) is 6.08 Å².